The predicted octanol–water partition coefficient (Wildman–Crippen LogP) is 3.05. The van der Waals surface area contributed by atoms with Crippen LogP contribution in [0.2, 0.25) is 0 Å². The molecule has 1 aliphatic heterocycles. The molecule has 0 aromatic heterocycles. The Balaban J connectivity index is 1.52. The summed E-state index contributed by atoms with van der Waals surface area (Å²) in [6.07, 6.45) is 0.993. The van der Waals surface area contributed by atoms with E-state index in [1.54, 1.807) is 0 Å². The number of carbonyl (C=O) groups excluding carboxylic acids is 1. The number of anilines is 1. The van der Waals surface area contributed by atoms with Crippen molar-refractivity contribution in [3.05, 3.63) is 53.6 Å². The number of rotatable bonds is 6. The first-order valence-corrected chi connectivity index (χ1v) is 8.10. The summed E-state index contributed by atoms with van der Waals surface area (Å²) < 4.78 is 10.7. The van der Waals surface area contributed by atoms with Gasteiger partial charge in [0.05, 0.1) is 6.54 Å². The van der Waals surface area contributed by atoms with Crippen LogP contribution in [0.4, 0.5) is 5.69 Å². The quantitative estimate of drug-likeness (QED) is 0.886. The van der Waals surface area contributed by atoms with E-state index in [2.05, 4.69) is 12.2 Å². The maximum atomic E-state index is 12.2. The van der Waals surface area contributed by atoms with Crippen LogP contribution in [-0.4, -0.2) is 31.2 Å². The van der Waals surface area contributed by atoms with E-state index in [-0.39, 0.29) is 12.7 Å². The van der Waals surface area contributed by atoms with Gasteiger partial charge in [0.15, 0.2) is 11.5 Å². The summed E-state index contributed by atoms with van der Waals surface area (Å²) in [5.74, 6) is 1.51. The molecule has 0 saturated carbocycles. The normalized spacial score (nSPS) is 12.5. The standard InChI is InChI=1S/C19H22N2O3/c1-3-14-4-7-16(8-5-14)20-19(22)12-21(2)11-15-6-9-17-18(10-15)24-13-23-17/h4-10H,3,11-13H2,1-2H3,(H,20,22). The molecule has 0 aliphatic carbocycles. The lowest BCUT2D eigenvalue weighted by Crippen LogP contribution is -2.29. The number of hydrogen-bond donors (Lipinski definition) is 1. The number of aryl methyl sites for hydroxylation is 1. The highest BCUT2D eigenvalue weighted by Gasteiger charge is 2.14. The van der Waals surface area contributed by atoms with Crippen LogP contribution in [-0.2, 0) is 17.8 Å². The van der Waals surface area contributed by atoms with Crippen LogP contribution < -0.4 is 14.8 Å². The summed E-state index contributed by atoms with van der Waals surface area (Å²) in [4.78, 5) is 14.1. The molecule has 24 heavy (non-hydrogen) atoms. The molecule has 5 heteroatoms. The van der Waals surface area contributed by atoms with E-state index in [9.17, 15) is 4.79 Å². The summed E-state index contributed by atoms with van der Waals surface area (Å²) in [7, 11) is 1.92. The Morgan fingerprint density at radius 1 is 1.08 bits per heavy atom. The molecule has 1 N–H and O–H groups in total. The molecule has 0 bridgehead atoms. The second-order valence-electron chi connectivity index (χ2n) is 5.96. The van der Waals surface area contributed by atoms with Crippen molar-refractivity contribution in [1.82, 2.24) is 4.90 Å². The Hall–Kier alpha value is -2.53. The first-order valence-electron chi connectivity index (χ1n) is 8.10. The van der Waals surface area contributed by atoms with Crippen LogP contribution in [0.25, 0.3) is 0 Å². The SMILES string of the molecule is CCc1ccc(NC(=O)CN(C)Cc2ccc3c(c2)OCO3)cc1. The van der Waals surface area contributed by atoms with Crippen LogP contribution in [0.1, 0.15) is 18.1 Å². The zero-order chi connectivity index (χ0) is 16.9. The molecule has 5 nitrogen and oxygen atoms in total. The van der Waals surface area contributed by atoms with Crippen molar-refractivity contribution >= 4 is 11.6 Å². The van der Waals surface area contributed by atoms with E-state index in [0.717, 1.165) is 29.2 Å². The van der Waals surface area contributed by atoms with Gasteiger partial charge in [0, 0.05) is 12.2 Å². The average molecular weight is 326 g/mol. The second-order valence-corrected chi connectivity index (χ2v) is 5.96. The summed E-state index contributed by atoms with van der Waals surface area (Å²) in [6, 6.07) is 13.8. The van der Waals surface area contributed by atoms with Crippen molar-refractivity contribution in [2.75, 3.05) is 25.7 Å². The molecular formula is C19H22N2O3. The molecule has 126 valence electrons. The number of amides is 1. The van der Waals surface area contributed by atoms with E-state index in [0.29, 0.717) is 13.1 Å². The number of likely N-dealkylation sites (N-methyl/N-ethyl adjacent to an activating group) is 1. The minimum Gasteiger partial charge on any atom is -0.454 e. The average Bonchev–Trinajstić information content (AvgIpc) is 3.03. The lowest BCUT2D eigenvalue weighted by atomic mass is 10.1. The number of ether oxygens (including phenoxy) is 2. The van der Waals surface area contributed by atoms with Gasteiger partial charge in [0.25, 0.3) is 0 Å². The highest BCUT2D eigenvalue weighted by molar-refractivity contribution is 5.92. The van der Waals surface area contributed by atoms with Gasteiger partial charge in [0.1, 0.15) is 0 Å². The largest absolute Gasteiger partial charge is 0.454 e. The molecule has 3 rings (SSSR count). The summed E-state index contributed by atoms with van der Waals surface area (Å²) in [6.45, 7) is 3.37. The Labute approximate surface area is 142 Å². The third kappa shape index (κ3) is 4.06. The first kappa shape index (κ1) is 16.3. The fourth-order valence-electron chi connectivity index (χ4n) is 2.68. The van der Waals surface area contributed by atoms with Crippen LogP contribution >= 0.6 is 0 Å². The van der Waals surface area contributed by atoms with Gasteiger partial charge < -0.3 is 14.8 Å². The zero-order valence-electron chi connectivity index (χ0n) is 14.0. The highest BCUT2D eigenvalue weighted by atomic mass is 16.7. The minimum atomic E-state index is -0.0255. The maximum Gasteiger partial charge on any atom is 0.238 e. The van der Waals surface area contributed by atoms with Gasteiger partial charge >= 0.3 is 0 Å². The zero-order valence-corrected chi connectivity index (χ0v) is 14.0. The van der Waals surface area contributed by atoms with E-state index in [1.165, 1.54) is 5.56 Å². The smallest absolute Gasteiger partial charge is 0.238 e. The summed E-state index contributed by atoms with van der Waals surface area (Å²) in [5, 5.41) is 2.93. The van der Waals surface area contributed by atoms with Gasteiger partial charge in [-0.25, -0.2) is 0 Å². The van der Waals surface area contributed by atoms with Gasteiger partial charge in [-0.05, 0) is 48.9 Å². The molecule has 0 spiro atoms. The molecule has 1 heterocycles. The maximum absolute atomic E-state index is 12.2. The first-order chi connectivity index (χ1) is 11.6. The number of fused-ring (bicyclic) bond motifs is 1. The second kappa shape index (κ2) is 7.36. The van der Waals surface area contributed by atoms with E-state index in [1.807, 2.05) is 54.4 Å². The Kier molecular flexibility index (Phi) is 5.01. The summed E-state index contributed by atoms with van der Waals surface area (Å²) in [5.41, 5.74) is 3.17. The molecular weight excluding hydrogens is 304 g/mol. The van der Waals surface area contributed by atoms with Crippen molar-refractivity contribution in [3.8, 4) is 11.5 Å². The van der Waals surface area contributed by atoms with Gasteiger partial charge in [0.2, 0.25) is 12.7 Å². The molecule has 2 aromatic rings. The number of nitrogens with zero attached hydrogens (tertiary/aromatic N) is 1. The van der Waals surface area contributed by atoms with Crippen molar-refractivity contribution < 1.29 is 14.3 Å². The minimum absolute atomic E-state index is 0.0255. The van der Waals surface area contributed by atoms with Crippen molar-refractivity contribution in [2.45, 2.75) is 19.9 Å². The van der Waals surface area contributed by atoms with Gasteiger partial charge in [-0.2, -0.15) is 0 Å². The molecule has 0 radical (unpaired) electrons. The molecule has 0 saturated heterocycles. The third-order valence-electron chi connectivity index (χ3n) is 3.95. The predicted molar refractivity (Wildman–Crippen MR) is 93.3 cm³/mol. The number of hydrogen-bond acceptors (Lipinski definition) is 4. The molecule has 0 unspecified atom stereocenters. The Morgan fingerprint density at radius 3 is 2.54 bits per heavy atom. The fraction of sp³-hybridized carbons (Fsp3) is 0.316. The molecule has 0 fully saturated rings. The monoisotopic (exact) mass is 326 g/mol. The summed E-state index contributed by atoms with van der Waals surface area (Å²) >= 11 is 0. The van der Waals surface area contributed by atoms with Gasteiger partial charge in [-0.1, -0.05) is 25.1 Å². The number of carbonyl (C=O) groups is 1. The lowest BCUT2D eigenvalue weighted by molar-refractivity contribution is -0.117. The third-order valence-corrected chi connectivity index (χ3v) is 3.95. The van der Waals surface area contributed by atoms with Crippen LogP contribution in [0.5, 0.6) is 11.5 Å². The topological polar surface area (TPSA) is 50.8 Å². The van der Waals surface area contributed by atoms with Crippen molar-refractivity contribution in [3.63, 3.8) is 0 Å². The molecule has 1 aliphatic rings. The molecule has 2 aromatic carbocycles. The lowest BCUT2D eigenvalue weighted by Gasteiger charge is -2.16. The van der Waals surface area contributed by atoms with E-state index < -0.39 is 0 Å². The Morgan fingerprint density at radius 2 is 1.79 bits per heavy atom. The molecule has 1 amide bonds. The van der Waals surface area contributed by atoms with E-state index in [4.69, 9.17) is 9.47 Å². The fourth-order valence-corrected chi connectivity index (χ4v) is 2.68. The van der Waals surface area contributed by atoms with Gasteiger partial charge in [-0.15, -0.1) is 0 Å². The van der Waals surface area contributed by atoms with Crippen LogP contribution in [0, 0.1) is 0 Å². The van der Waals surface area contributed by atoms with Gasteiger partial charge in [-0.3, -0.25) is 9.69 Å². The number of benzene rings is 2. The van der Waals surface area contributed by atoms with E-state index >= 15 is 0 Å². The van der Waals surface area contributed by atoms with Crippen LogP contribution in [0.15, 0.2) is 42.5 Å². The highest BCUT2D eigenvalue weighted by Crippen LogP contribution is 2.32. The molecule has 0 atom stereocenters. The van der Waals surface area contributed by atoms with Crippen molar-refractivity contribution in [1.29, 1.82) is 0 Å². The van der Waals surface area contributed by atoms with Crippen LogP contribution in [0.3, 0.4) is 0 Å². The Bertz CT molecular complexity index is 713. The van der Waals surface area contributed by atoms with Crippen molar-refractivity contribution in [2.24, 2.45) is 0 Å². The number of nitrogens with one attached hydrogen (secondary N) is 1.